The molecule has 2 rings (SSSR count). The van der Waals surface area contributed by atoms with E-state index in [0.29, 0.717) is 33.6 Å². The number of methoxy groups -OCH3 is 1. The van der Waals surface area contributed by atoms with Crippen LogP contribution in [0.4, 0.5) is 0 Å². The normalized spacial score (nSPS) is 10.3. The van der Waals surface area contributed by atoms with Gasteiger partial charge in [0.25, 0.3) is 0 Å². The number of hydrogen-bond acceptors (Lipinski definition) is 8. The maximum atomic E-state index is 11.9. The van der Waals surface area contributed by atoms with E-state index in [1.165, 1.54) is 24.9 Å². The average Bonchev–Trinajstić information content (AvgIpc) is 3.00. The minimum Gasteiger partial charge on any atom is -0.465 e. The Kier molecular flexibility index (Phi) is 6.41. The minimum absolute atomic E-state index is 0.247. The van der Waals surface area contributed by atoms with Crippen LogP contribution in [-0.2, 0) is 15.2 Å². The molecule has 0 saturated heterocycles. The Balaban J connectivity index is 2.22. The van der Waals surface area contributed by atoms with Gasteiger partial charge in [0.15, 0.2) is 0 Å². The van der Waals surface area contributed by atoms with Crippen molar-refractivity contribution in [3.8, 4) is 6.07 Å². The first-order chi connectivity index (χ1) is 12.4. The van der Waals surface area contributed by atoms with Crippen LogP contribution in [0.3, 0.4) is 0 Å². The third-order valence-electron chi connectivity index (χ3n) is 3.52. The molecule has 0 radical (unpaired) electrons. The first-order valence-electron chi connectivity index (χ1n) is 7.80. The molecule has 0 aromatic carbocycles. The lowest BCUT2D eigenvalue weighted by Gasteiger charge is -2.08. The predicted octanol–water partition coefficient (Wildman–Crippen LogP) is 3.42. The van der Waals surface area contributed by atoms with Gasteiger partial charge in [0.2, 0.25) is 0 Å². The Hall–Kier alpha value is -2.79. The molecule has 0 aliphatic rings. The number of nitriles is 1. The molecule has 2 heterocycles. The smallest absolute Gasteiger partial charge is 0.341 e. The summed E-state index contributed by atoms with van der Waals surface area (Å²) in [5.74, 6) is 0.431. The molecule has 0 saturated carbocycles. The predicted molar refractivity (Wildman–Crippen MR) is 94.0 cm³/mol. The summed E-state index contributed by atoms with van der Waals surface area (Å²) >= 11 is 1.28. The fraction of sp³-hybridized carbons (Fsp3) is 0.333. The van der Waals surface area contributed by atoms with E-state index in [9.17, 15) is 14.9 Å². The Bertz CT molecular complexity index is 882. The van der Waals surface area contributed by atoms with Crippen molar-refractivity contribution in [2.45, 2.75) is 31.6 Å². The van der Waals surface area contributed by atoms with Gasteiger partial charge in [0, 0.05) is 0 Å². The number of esters is 2. The first kappa shape index (κ1) is 19.5. The number of ether oxygens (including phenoxy) is 2. The number of aromatic nitrogens is 1. The van der Waals surface area contributed by atoms with Crippen molar-refractivity contribution in [3.05, 3.63) is 46.0 Å². The topological polar surface area (TPSA) is 102 Å². The summed E-state index contributed by atoms with van der Waals surface area (Å²) in [6.07, 6.45) is 0. The zero-order chi connectivity index (χ0) is 19.3. The summed E-state index contributed by atoms with van der Waals surface area (Å²) < 4.78 is 15.2. The Morgan fingerprint density at radius 1 is 1.27 bits per heavy atom. The molecule has 0 amide bonds. The highest BCUT2D eigenvalue weighted by atomic mass is 32.2. The van der Waals surface area contributed by atoms with Gasteiger partial charge in [-0.25, -0.2) is 14.6 Å². The summed E-state index contributed by atoms with van der Waals surface area (Å²) in [5, 5.41) is 9.83. The Labute approximate surface area is 155 Å². The Morgan fingerprint density at radius 2 is 2.00 bits per heavy atom. The second kappa shape index (κ2) is 8.54. The van der Waals surface area contributed by atoms with Gasteiger partial charge in [-0.3, -0.25) is 0 Å². The lowest BCUT2D eigenvalue weighted by molar-refractivity contribution is 0.0523. The largest absolute Gasteiger partial charge is 0.465 e. The van der Waals surface area contributed by atoms with Crippen LogP contribution >= 0.6 is 11.8 Å². The number of thioether (sulfide) groups is 1. The van der Waals surface area contributed by atoms with Crippen molar-refractivity contribution in [1.82, 2.24) is 4.98 Å². The fourth-order valence-corrected chi connectivity index (χ4v) is 3.14. The Morgan fingerprint density at radius 3 is 2.62 bits per heavy atom. The highest BCUT2D eigenvalue weighted by molar-refractivity contribution is 7.98. The highest BCUT2D eigenvalue weighted by Gasteiger charge is 2.18. The van der Waals surface area contributed by atoms with E-state index in [2.05, 4.69) is 4.98 Å². The molecular formula is C18H18N2O5S. The molecule has 26 heavy (non-hydrogen) atoms. The molecule has 2 aromatic rings. The number of hydrogen-bond donors (Lipinski definition) is 0. The van der Waals surface area contributed by atoms with Crippen molar-refractivity contribution in [3.63, 3.8) is 0 Å². The standard InChI is InChI=1S/C18H18N2O5S/c1-5-24-18(22)14-6-12(8-19)16(20-10(14)2)26-9-13-7-15(11(3)25-13)17(21)23-4/h6-7H,5,9H2,1-4H3. The zero-order valence-electron chi connectivity index (χ0n) is 14.9. The molecule has 0 N–H and O–H groups in total. The van der Waals surface area contributed by atoms with E-state index in [-0.39, 0.29) is 17.7 Å². The molecule has 0 aliphatic carbocycles. The maximum absolute atomic E-state index is 11.9. The molecule has 0 bridgehead atoms. The second-order valence-corrected chi connectivity index (χ2v) is 6.23. The quantitative estimate of drug-likeness (QED) is 0.560. The molecular weight excluding hydrogens is 356 g/mol. The van der Waals surface area contributed by atoms with Crippen LogP contribution in [0.1, 0.15) is 50.4 Å². The van der Waals surface area contributed by atoms with E-state index >= 15 is 0 Å². The van der Waals surface area contributed by atoms with Crippen LogP contribution in [0.25, 0.3) is 0 Å². The van der Waals surface area contributed by atoms with Gasteiger partial charge in [-0.1, -0.05) is 11.8 Å². The summed E-state index contributed by atoms with van der Waals surface area (Å²) in [5.41, 5.74) is 1.40. The lowest BCUT2D eigenvalue weighted by atomic mass is 10.1. The van der Waals surface area contributed by atoms with Crippen LogP contribution in [0.5, 0.6) is 0 Å². The van der Waals surface area contributed by atoms with Crippen molar-refractivity contribution in [2.75, 3.05) is 13.7 Å². The molecule has 136 valence electrons. The number of carbonyl (C=O) groups is 2. The molecule has 0 atom stereocenters. The van der Waals surface area contributed by atoms with E-state index in [1.807, 2.05) is 6.07 Å². The fourth-order valence-electron chi connectivity index (χ4n) is 2.26. The first-order valence-corrected chi connectivity index (χ1v) is 8.79. The maximum Gasteiger partial charge on any atom is 0.341 e. The van der Waals surface area contributed by atoms with Gasteiger partial charge in [-0.15, -0.1) is 0 Å². The molecule has 0 spiro atoms. The van der Waals surface area contributed by atoms with Gasteiger partial charge < -0.3 is 13.9 Å². The number of carbonyl (C=O) groups excluding carboxylic acids is 2. The summed E-state index contributed by atoms with van der Waals surface area (Å²) in [7, 11) is 1.31. The van der Waals surface area contributed by atoms with Gasteiger partial charge in [0.05, 0.1) is 36.3 Å². The van der Waals surface area contributed by atoms with Crippen LogP contribution in [-0.4, -0.2) is 30.6 Å². The number of aryl methyl sites for hydroxylation is 2. The van der Waals surface area contributed by atoms with Gasteiger partial charge in [0.1, 0.15) is 28.2 Å². The van der Waals surface area contributed by atoms with E-state index < -0.39 is 11.9 Å². The van der Waals surface area contributed by atoms with Crippen LogP contribution in [0.15, 0.2) is 21.6 Å². The average molecular weight is 374 g/mol. The third kappa shape index (κ3) is 4.24. The number of pyridine rings is 1. The summed E-state index contributed by atoms with van der Waals surface area (Å²) in [6.45, 7) is 5.32. The summed E-state index contributed by atoms with van der Waals surface area (Å²) in [6, 6.07) is 5.14. The molecule has 2 aromatic heterocycles. The molecule has 8 heteroatoms. The lowest BCUT2D eigenvalue weighted by Crippen LogP contribution is -2.09. The molecule has 7 nitrogen and oxygen atoms in total. The van der Waals surface area contributed by atoms with Crippen molar-refractivity contribution in [2.24, 2.45) is 0 Å². The summed E-state index contributed by atoms with van der Waals surface area (Å²) in [4.78, 5) is 27.9. The number of rotatable bonds is 6. The van der Waals surface area contributed by atoms with E-state index in [4.69, 9.17) is 13.9 Å². The molecule has 0 fully saturated rings. The minimum atomic E-state index is -0.505. The second-order valence-electron chi connectivity index (χ2n) is 5.27. The van der Waals surface area contributed by atoms with Crippen molar-refractivity contribution >= 4 is 23.7 Å². The van der Waals surface area contributed by atoms with Crippen LogP contribution in [0.2, 0.25) is 0 Å². The molecule has 0 aliphatic heterocycles. The third-order valence-corrected chi connectivity index (χ3v) is 4.53. The number of furan rings is 1. The zero-order valence-corrected chi connectivity index (χ0v) is 15.7. The van der Waals surface area contributed by atoms with Crippen molar-refractivity contribution < 1.29 is 23.5 Å². The molecule has 0 unspecified atom stereocenters. The van der Waals surface area contributed by atoms with E-state index in [0.717, 1.165) is 0 Å². The van der Waals surface area contributed by atoms with Gasteiger partial charge in [-0.2, -0.15) is 5.26 Å². The SMILES string of the molecule is CCOC(=O)c1cc(C#N)c(SCc2cc(C(=O)OC)c(C)o2)nc1C. The van der Waals surface area contributed by atoms with Crippen molar-refractivity contribution in [1.29, 1.82) is 5.26 Å². The monoisotopic (exact) mass is 374 g/mol. The highest BCUT2D eigenvalue weighted by Crippen LogP contribution is 2.28. The van der Waals surface area contributed by atoms with Gasteiger partial charge >= 0.3 is 11.9 Å². The van der Waals surface area contributed by atoms with E-state index in [1.54, 1.807) is 26.8 Å². The van der Waals surface area contributed by atoms with Crippen LogP contribution in [0, 0.1) is 25.2 Å². The number of nitrogens with zero attached hydrogens (tertiary/aromatic N) is 2. The van der Waals surface area contributed by atoms with Gasteiger partial charge in [-0.05, 0) is 32.9 Å². The van der Waals surface area contributed by atoms with Crippen LogP contribution < -0.4 is 0 Å².